The molecule has 0 N–H and O–H groups in total. The smallest absolute Gasteiger partial charge is 0.268 e. The standard InChI is InChI=1S/C17H33NO4/c1-2-3-4-5-6-7-8-9-10-11-12-13-14-15-16-17(19)22-18(20)21/h2-16H2,1H3. The molecule has 0 heterocycles. The maximum Gasteiger partial charge on any atom is 0.303 e. The van der Waals surface area contributed by atoms with Crippen LogP contribution in [0.4, 0.5) is 0 Å². The Morgan fingerprint density at radius 3 is 1.50 bits per heavy atom. The zero-order valence-electron chi connectivity index (χ0n) is 14.2. The largest absolute Gasteiger partial charge is 0.303 e. The Morgan fingerprint density at radius 1 is 0.773 bits per heavy atom. The lowest BCUT2D eigenvalue weighted by atomic mass is 10.0. The molecule has 0 fully saturated rings. The van der Waals surface area contributed by atoms with Crippen molar-refractivity contribution < 1.29 is 14.7 Å². The van der Waals surface area contributed by atoms with Crippen molar-refractivity contribution in [2.24, 2.45) is 0 Å². The number of hydrogen-bond donors (Lipinski definition) is 0. The number of hydrogen-bond acceptors (Lipinski definition) is 4. The molecule has 0 aromatic heterocycles. The van der Waals surface area contributed by atoms with Crippen LogP contribution in [0.2, 0.25) is 0 Å². The van der Waals surface area contributed by atoms with Crippen LogP contribution in [-0.4, -0.2) is 11.1 Å². The van der Waals surface area contributed by atoms with E-state index in [9.17, 15) is 14.9 Å². The summed E-state index contributed by atoms with van der Waals surface area (Å²) < 4.78 is 0. The average Bonchev–Trinajstić information content (AvgIpc) is 2.47. The summed E-state index contributed by atoms with van der Waals surface area (Å²) in [6.07, 6.45) is 17.6. The van der Waals surface area contributed by atoms with E-state index in [4.69, 9.17) is 0 Å². The van der Waals surface area contributed by atoms with Crippen LogP contribution in [0.15, 0.2) is 0 Å². The van der Waals surface area contributed by atoms with Crippen LogP contribution in [-0.2, 0) is 9.63 Å². The molecule has 0 saturated carbocycles. The molecule has 0 atom stereocenters. The Bertz CT molecular complexity index is 282. The summed E-state index contributed by atoms with van der Waals surface area (Å²) in [5, 5.41) is 8.88. The SMILES string of the molecule is CCCCCCCCCCCCCCCCC(=O)O[N+](=O)[O-]. The second kappa shape index (κ2) is 16.2. The zero-order valence-corrected chi connectivity index (χ0v) is 14.2. The molecule has 5 heteroatoms. The molecule has 0 aliphatic heterocycles. The first kappa shape index (κ1) is 20.9. The molecule has 0 unspecified atom stereocenters. The second-order valence-corrected chi connectivity index (χ2v) is 6.03. The van der Waals surface area contributed by atoms with Gasteiger partial charge in [-0.3, -0.25) is 4.79 Å². The lowest BCUT2D eigenvalue weighted by molar-refractivity contribution is -0.729. The van der Waals surface area contributed by atoms with Crippen LogP contribution < -0.4 is 0 Å². The summed E-state index contributed by atoms with van der Waals surface area (Å²) in [4.78, 5) is 24.7. The minimum absolute atomic E-state index is 0.152. The molecular weight excluding hydrogens is 282 g/mol. The molecule has 5 nitrogen and oxygen atoms in total. The van der Waals surface area contributed by atoms with Gasteiger partial charge in [0.25, 0.3) is 0 Å². The topological polar surface area (TPSA) is 69.4 Å². The molecule has 0 rings (SSSR count). The van der Waals surface area contributed by atoms with E-state index in [1.165, 1.54) is 70.6 Å². The third kappa shape index (κ3) is 16.9. The van der Waals surface area contributed by atoms with E-state index in [0.29, 0.717) is 6.42 Å². The summed E-state index contributed by atoms with van der Waals surface area (Å²) in [7, 11) is 0. The quantitative estimate of drug-likeness (QED) is 0.211. The normalized spacial score (nSPS) is 10.6. The Labute approximate surface area is 134 Å². The van der Waals surface area contributed by atoms with Crippen molar-refractivity contribution in [1.82, 2.24) is 0 Å². The summed E-state index contributed by atoms with van der Waals surface area (Å²) in [5.74, 6) is -0.732. The summed E-state index contributed by atoms with van der Waals surface area (Å²) in [6, 6.07) is 0. The van der Waals surface area contributed by atoms with Crippen molar-refractivity contribution in [3.8, 4) is 0 Å². The van der Waals surface area contributed by atoms with E-state index in [-0.39, 0.29) is 6.42 Å². The highest BCUT2D eigenvalue weighted by molar-refractivity contribution is 5.68. The van der Waals surface area contributed by atoms with Gasteiger partial charge in [-0.15, -0.1) is 10.1 Å². The predicted octanol–water partition coefficient (Wildman–Crippen LogP) is 5.59. The van der Waals surface area contributed by atoms with Gasteiger partial charge in [-0.25, -0.2) is 4.84 Å². The molecular formula is C17H33NO4. The molecule has 0 radical (unpaired) electrons. The Hall–Kier alpha value is -1.13. The van der Waals surface area contributed by atoms with Gasteiger partial charge in [-0.2, -0.15) is 0 Å². The molecule has 0 aromatic carbocycles. The molecule has 130 valence electrons. The highest BCUT2D eigenvalue weighted by atomic mass is 17.0. The van der Waals surface area contributed by atoms with E-state index in [0.717, 1.165) is 12.8 Å². The van der Waals surface area contributed by atoms with Gasteiger partial charge in [0, 0.05) is 6.42 Å². The van der Waals surface area contributed by atoms with Crippen LogP contribution in [0.25, 0.3) is 0 Å². The van der Waals surface area contributed by atoms with E-state index in [1.54, 1.807) is 0 Å². The highest BCUT2D eigenvalue weighted by Crippen LogP contribution is 2.13. The van der Waals surface area contributed by atoms with Gasteiger partial charge in [0.15, 0.2) is 0 Å². The van der Waals surface area contributed by atoms with Crippen LogP contribution in [0.1, 0.15) is 103 Å². The fourth-order valence-corrected chi connectivity index (χ4v) is 2.59. The van der Waals surface area contributed by atoms with Crippen molar-refractivity contribution in [1.29, 1.82) is 0 Å². The zero-order chi connectivity index (χ0) is 16.5. The van der Waals surface area contributed by atoms with Gasteiger partial charge in [0.2, 0.25) is 0 Å². The Kier molecular flexibility index (Phi) is 15.4. The van der Waals surface area contributed by atoms with Gasteiger partial charge >= 0.3 is 11.1 Å². The van der Waals surface area contributed by atoms with Crippen molar-refractivity contribution in [3.05, 3.63) is 10.1 Å². The molecule has 22 heavy (non-hydrogen) atoms. The summed E-state index contributed by atoms with van der Waals surface area (Å²) >= 11 is 0. The van der Waals surface area contributed by atoms with Crippen molar-refractivity contribution in [2.45, 2.75) is 103 Å². The number of carbonyl (C=O) groups is 1. The van der Waals surface area contributed by atoms with Crippen LogP contribution in [0.5, 0.6) is 0 Å². The Morgan fingerprint density at radius 2 is 1.14 bits per heavy atom. The van der Waals surface area contributed by atoms with Gasteiger partial charge in [-0.05, 0) is 6.42 Å². The van der Waals surface area contributed by atoms with Gasteiger partial charge in [0.05, 0.1) is 0 Å². The lowest BCUT2D eigenvalue weighted by Crippen LogP contribution is -2.09. The van der Waals surface area contributed by atoms with Crippen LogP contribution in [0.3, 0.4) is 0 Å². The third-order valence-electron chi connectivity index (χ3n) is 3.91. The van der Waals surface area contributed by atoms with Crippen LogP contribution in [0, 0.1) is 10.1 Å². The minimum Gasteiger partial charge on any atom is -0.268 e. The molecule has 0 saturated heterocycles. The second-order valence-electron chi connectivity index (χ2n) is 6.03. The van der Waals surface area contributed by atoms with Crippen molar-refractivity contribution in [3.63, 3.8) is 0 Å². The summed E-state index contributed by atoms with van der Waals surface area (Å²) in [5.41, 5.74) is 0. The van der Waals surface area contributed by atoms with Crippen molar-refractivity contribution >= 4 is 5.97 Å². The average molecular weight is 315 g/mol. The van der Waals surface area contributed by atoms with Gasteiger partial charge in [0.1, 0.15) is 0 Å². The molecule has 0 aromatic rings. The molecule has 0 aliphatic carbocycles. The summed E-state index contributed by atoms with van der Waals surface area (Å²) in [6.45, 7) is 2.25. The maximum atomic E-state index is 10.9. The number of rotatable bonds is 16. The maximum absolute atomic E-state index is 10.9. The van der Waals surface area contributed by atoms with E-state index in [1.807, 2.05) is 0 Å². The van der Waals surface area contributed by atoms with E-state index >= 15 is 0 Å². The number of nitrogens with zero attached hydrogens (tertiary/aromatic N) is 1. The number of carbonyl (C=O) groups excluding carboxylic acids is 1. The van der Waals surface area contributed by atoms with Crippen molar-refractivity contribution in [2.75, 3.05) is 0 Å². The molecule has 0 amide bonds. The first-order valence-electron chi connectivity index (χ1n) is 9.02. The first-order valence-corrected chi connectivity index (χ1v) is 9.02. The number of unbranched alkanes of at least 4 members (excludes halogenated alkanes) is 13. The first-order chi connectivity index (χ1) is 10.7. The van der Waals surface area contributed by atoms with E-state index < -0.39 is 11.1 Å². The Balaban J connectivity index is 3.08. The predicted molar refractivity (Wildman–Crippen MR) is 88.0 cm³/mol. The minimum atomic E-state index is -1.04. The lowest BCUT2D eigenvalue weighted by Gasteiger charge is -2.03. The fourth-order valence-electron chi connectivity index (χ4n) is 2.59. The monoisotopic (exact) mass is 315 g/mol. The molecule has 0 aliphatic rings. The molecule has 0 bridgehead atoms. The van der Waals surface area contributed by atoms with E-state index in [2.05, 4.69) is 11.8 Å². The van der Waals surface area contributed by atoms with Gasteiger partial charge in [-0.1, -0.05) is 90.4 Å². The highest BCUT2D eigenvalue weighted by Gasteiger charge is 2.06. The third-order valence-corrected chi connectivity index (χ3v) is 3.91. The van der Waals surface area contributed by atoms with Crippen LogP contribution >= 0.6 is 0 Å². The fraction of sp³-hybridized carbons (Fsp3) is 0.941. The molecule has 0 spiro atoms. The van der Waals surface area contributed by atoms with Gasteiger partial charge < -0.3 is 0 Å².